The van der Waals surface area contributed by atoms with Gasteiger partial charge in [-0.2, -0.15) is 0 Å². The second kappa shape index (κ2) is 6.43. The number of nitrogens with one attached hydrogen (secondary N) is 1. The molecule has 0 aliphatic carbocycles. The van der Waals surface area contributed by atoms with Gasteiger partial charge in [0.25, 0.3) is 0 Å². The van der Waals surface area contributed by atoms with Crippen LogP contribution in [0.4, 0.5) is 10.5 Å². The Morgan fingerprint density at radius 1 is 1.44 bits per heavy atom. The molecule has 0 saturated carbocycles. The van der Waals surface area contributed by atoms with Gasteiger partial charge in [0.15, 0.2) is 0 Å². The van der Waals surface area contributed by atoms with Crippen LogP contribution < -0.4 is 5.32 Å². The Balaban J connectivity index is 2.54. The fourth-order valence-corrected chi connectivity index (χ4v) is 1.50. The Kier molecular flexibility index (Phi) is 5.19. The number of unbranched alkanes of at least 4 members (excludes halogenated alkanes) is 1. The van der Waals surface area contributed by atoms with E-state index < -0.39 is 0 Å². The van der Waals surface area contributed by atoms with Crippen LogP contribution in [0.2, 0.25) is 0 Å². The highest BCUT2D eigenvalue weighted by Gasteiger charge is 2.08. The van der Waals surface area contributed by atoms with Crippen molar-refractivity contribution >= 4 is 24.3 Å². The first-order valence-corrected chi connectivity index (χ1v) is 5.90. The molecule has 0 fully saturated rings. The third-order valence-corrected chi connectivity index (χ3v) is 2.73. The van der Waals surface area contributed by atoms with E-state index in [-0.39, 0.29) is 6.03 Å². The van der Waals surface area contributed by atoms with E-state index in [1.54, 1.807) is 11.9 Å². The van der Waals surface area contributed by atoms with Crippen LogP contribution in [-0.2, 0) is 0 Å². The van der Waals surface area contributed by atoms with E-state index in [1.807, 2.05) is 24.3 Å². The maximum Gasteiger partial charge on any atom is 0.321 e. The molecule has 1 rings (SSSR count). The molecule has 0 aliphatic rings. The van der Waals surface area contributed by atoms with Gasteiger partial charge in [-0.05, 0) is 18.6 Å². The number of carbonyl (C=O) groups excluding carboxylic acids is 1. The van der Waals surface area contributed by atoms with Crippen LogP contribution in [0.5, 0.6) is 0 Å². The smallest absolute Gasteiger partial charge is 0.321 e. The van der Waals surface area contributed by atoms with Crippen LogP contribution >= 0.6 is 12.6 Å². The fraction of sp³-hybridized carbons (Fsp3) is 0.417. The van der Waals surface area contributed by atoms with Gasteiger partial charge in [-0.3, -0.25) is 0 Å². The average Bonchev–Trinajstić information content (AvgIpc) is 2.28. The summed E-state index contributed by atoms with van der Waals surface area (Å²) >= 11 is 4.28. The van der Waals surface area contributed by atoms with E-state index in [2.05, 4.69) is 24.9 Å². The number of para-hydroxylation sites is 1. The lowest BCUT2D eigenvalue weighted by Gasteiger charge is -2.18. The summed E-state index contributed by atoms with van der Waals surface area (Å²) in [5.74, 6) is 0. The van der Waals surface area contributed by atoms with Gasteiger partial charge in [-0.1, -0.05) is 25.5 Å². The zero-order valence-electron chi connectivity index (χ0n) is 9.73. The molecule has 0 spiro atoms. The van der Waals surface area contributed by atoms with Crippen molar-refractivity contribution in [1.29, 1.82) is 0 Å². The number of carbonyl (C=O) groups is 1. The molecule has 0 radical (unpaired) electrons. The van der Waals surface area contributed by atoms with Crippen molar-refractivity contribution in [1.82, 2.24) is 4.90 Å². The Bertz CT molecular complexity index is 355. The van der Waals surface area contributed by atoms with Crippen molar-refractivity contribution in [3.63, 3.8) is 0 Å². The molecule has 1 N–H and O–H groups in total. The number of hydrogen-bond donors (Lipinski definition) is 2. The Hall–Kier alpha value is -1.16. The molecule has 1 aromatic rings. The molecule has 0 aliphatic heterocycles. The molecule has 3 nitrogen and oxygen atoms in total. The van der Waals surface area contributed by atoms with Gasteiger partial charge in [-0.25, -0.2) is 4.79 Å². The summed E-state index contributed by atoms with van der Waals surface area (Å²) in [6.07, 6.45) is 2.10. The maximum atomic E-state index is 11.8. The van der Waals surface area contributed by atoms with E-state index in [9.17, 15) is 4.79 Å². The Morgan fingerprint density at radius 3 is 2.75 bits per heavy atom. The van der Waals surface area contributed by atoms with Crippen molar-refractivity contribution < 1.29 is 4.79 Å². The van der Waals surface area contributed by atoms with Gasteiger partial charge in [-0.15, -0.1) is 12.6 Å². The summed E-state index contributed by atoms with van der Waals surface area (Å²) in [6.45, 7) is 2.88. The van der Waals surface area contributed by atoms with Gasteiger partial charge < -0.3 is 10.2 Å². The lowest BCUT2D eigenvalue weighted by atomic mass is 10.3. The number of hydrogen-bond acceptors (Lipinski definition) is 2. The van der Waals surface area contributed by atoms with Gasteiger partial charge in [0, 0.05) is 18.5 Å². The van der Waals surface area contributed by atoms with E-state index in [0.717, 1.165) is 30.0 Å². The molecule has 16 heavy (non-hydrogen) atoms. The number of thiol groups is 1. The summed E-state index contributed by atoms with van der Waals surface area (Å²) in [5.41, 5.74) is 0.749. The summed E-state index contributed by atoms with van der Waals surface area (Å²) in [7, 11) is 1.80. The van der Waals surface area contributed by atoms with Gasteiger partial charge in [0.1, 0.15) is 0 Å². The average molecular weight is 238 g/mol. The molecule has 0 bridgehead atoms. The first-order chi connectivity index (χ1) is 7.65. The number of nitrogens with zero attached hydrogens (tertiary/aromatic N) is 1. The second-order valence-corrected chi connectivity index (χ2v) is 4.20. The highest BCUT2D eigenvalue weighted by Crippen LogP contribution is 2.18. The predicted octanol–water partition coefficient (Wildman–Crippen LogP) is 3.24. The zero-order chi connectivity index (χ0) is 12.0. The van der Waals surface area contributed by atoms with Gasteiger partial charge in [0.05, 0.1) is 5.69 Å². The molecular weight excluding hydrogens is 220 g/mol. The normalized spacial score (nSPS) is 9.94. The first-order valence-electron chi connectivity index (χ1n) is 5.45. The molecule has 0 atom stereocenters. The SMILES string of the molecule is CCCCN(C)C(=O)Nc1ccccc1S. The molecule has 0 heterocycles. The van der Waals surface area contributed by atoms with Crippen LogP contribution in [0, 0.1) is 0 Å². The number of rotatable bonds is 4. The van der Waals surface area contributed by atoms with Gasteiger partial charge >= 0.3 is 6.03 Å². The van der Waals surface area contributed by atoms with E-state index >= 15 is 0 Å². The van der Waals surface area contributed by atoms with Crippen LogP contribution in [0.3, 0.4) is 0 Å². The molecule has 4 heteroatoms. The van der Waals surface area contributed by atoms with Gasteiger partial charge in [0.2, 0.25) is 0 Å². The summed E-state index contributed by atoms with van der Waals surface area (Å²) < 4.78 is 0. The molecular formula is C12H18N2OS. The topological polar surface area (TPSA) is 32.3 Å². The van der Waals surface area contributed by atoms with Crippen LogP contribution in [-0.4, -0.2) is 24.5 Å². The number of benzene rings is 1. The number of amides is 2. The first kappa shape index (κ1) is 12.9. The van der Waals surface area contributed by atoms with Crippen LogP contribution in [0.25, 0.3) is 0 Å². The third-order valence-electron chi connectivity index (χ3n) is 2.34. The number of urea groups is 1. The second-order valence-electron chi connectivity index (χ2n) is 3.72. The van der Waals surface area contributed by atoms with Crippen molar-refractivity contribution in [3.8, 4) is 0 Å². The lowest BCUT2D eigenvalue weighted by molar-refractivity contribution is 0.222. The van der Waals surface area contributed by atoms with E-state index in [0.29, 0.717) is 0 Å². The monoisotopic (exact) mass is 238 g/mol. The van der Waals surface area contributed by atoms with Crippen molar-refractivity contribution in [2.45, 2.75) is 24.7 Å². The zero-order valence-corrected chi connectivity index (χ0v) is 10.6. The summed E-state index contributed by atoms with van der Waals surface area (Å²) in [6, 6.07) is 7.37. The summed E-state index contributed by atoms with van der Waals surface area (Å²) in [4.78, 5) is 14.2. The minimum Gasteiger partial charge on any atom is -0.328 e. The van der Waals surface area contributed by atoms with E-state index in [4.69, 9.17) is 0 Å². The number of anilines is 1. The van der Waals surface area contributed by atoms with Crippen LogP contribution in [0.1, 0.15) is 19.8 Å². The maximum absolute atomic E-state index is 11.8. The quantitative estimate of drug-likeness (QED) is 0.775. The molecule has 0 saturated heterocycles. The van der Waals surface area contributed by atoms with Crippen molar-refractivity contribution in [2.75, 3.05) is 18.9 Å². The molecule has 0 aromatic heterocycles. The Labute approximate surface area is 102 Å². The fourth-order valence-electron chi connectivity index (χ4n) is 1.29. The lowest BCUT2D eigenvalue weighted by Crippen LogP contribution is -2.32. The predicted molar refractivity (Wildman–Crippen MR) is 70.3 cm³/mol. The molecule has 2 amide bonds. The third kappa shape index (κ3) is 3.77. The van der Waals surface area contributed by atoms with Crippen molar-refractivity contribution in [2.24, 2.45) is 0 Å². The highest BCUT2D eigenvalue weighted by atomic mass is 32.1. The molecule has 88 valence electrons. The van der Waals surface area contributed by atoms with Crippen molar-refractivity contribution in [3.05, 3.63) is 24.3 Å². The summed E-state index contributed by atoms with van der Waals surface area (Å²) in [5, 5.41) is 2.83. The standard InChI is InChI=1S/C12H18N2OS/c1-3-4-9-14(2)12(15)13-10-7-5-6-8-11(10)16/h5-8,16H,3-4,9H2,1-2H3,(H,13,15). The minimum atomic E-state index is -0.0880. The molecule has 0 unspecified atom stereocenters. The Morgan fingerprint density at radius 2 is 2.12 bits per heavy atom. The highest BCUT2D eigenvalue weighted by molar-refractivity contribution is 7.80. The molecule has 1 aromatic carbocycles. The minimum absolute atomic E-state index is 0.0880. The van der Waals surface area contributed by atoms with E-state index in [1.165, 1.54) is 0 Å². The largest absolute Gasteiger partial charge is 0.328 e. The van der Waals surface area contributed by atoms with Crippen LogP contribution in [0.15, 0.2) is 29.2 Å².